The van der Waals surface area contributed by atoms with Crippen LogP contribution in [0.4, 0.5) is 5.69 Å². The zero-order valence-corrected chi connectivity index (χ0v) is 11.9. The lowest BCUT2D eigenvalue weighted by molar-refractivity contribution is -0.385. The van der Waals surface area contributed by atoms with Crippen LogP contribution in [0.2, 0.25) is 0 Å². The van der Waals surface area contributed by atoms with E-state index in [4.69, 9.17) is 10.00 Å². The van der Waals surface area contributed by atoms with E-state index in [0.29, 0.717) is 22.6 Å². The minimum absolute atomic E-state index is 0.0104. The quantitative estimate of drug-likeness (QED) is 0.634. The van der Waals surface area contributed by atoms with Gasteiger partial charge in [-0.2, -0.15) is 5.26 Å². The Bertz CT molecular complexity index is 763. The Morgan fingerprint density at radius 2 is 1.90 bits per heavy atom. The van der Waals surface area contributed by atoms with Crippen molar-refractivity contribution in [2.24, 2.45) is 0 Å². The smallest absolute Gasteiger partial charge is 0.276 e. The van der Waals surface area contributed by atoms with Crippen molar-refractivity contribution in [3.8, 4) is 17.7 Å². The van der Waals surface area contributed by atoms with Crippen molar-refractivity contribution in [3.63, 3.8) is 0 Å². The molecule has 0 atom stereocenters. The Kier molecular flexibility index (Phi) is 3.85. The van der Waals surface area contributed by atoms with Crippen LogP contribution in [0.5, 0.6) is 11.6 Å². The molecule has 0 unspecified atom stereocenters. The summed E-state index contributed by atoms with van der Waals surface area (Å²) in [6, 6.07) is 8.22. The van der Waals surface area contributed by atoms with Gasteiger partial charge in [0.05, 0.1) is 22.6 Å². The fourth-order valence-electron chi connectivity index (χ4n) is 2.00. The molecule has 1 aromatic heterocycles. The van der Waals surface area contributed by atoms with Crippen molar-refractivity contribution in [2.75, 3.05) is 0 Å². The molecule has 21 heavy (non-hydrogen) atoms. The first-order valence-corrected chi connectivity index (χ1v) is 6.23. The van der Waals surface area contributed by atoms with Crippen molar-refractivity contribution in [1.29, 1.82) is 5.26 Å². The molecule has 0 N–H and O–H groups in total. The van der Waals surface area contributed by atoms with Crippen LogP contribution in [0.1, 0.15) is 22.4 Å². The molecule has 0 aliphatic carbocycles. The minimum Gasteiger partial charge on any atom is -0.438 e. The summed E-state index contributed by atoms with van der Waals surface area (Å²) in [6.45, 7) is 5.22. The number of hydrogen-bond donors (Lipinski definition) is 0. The summed E-state index contributed by atoms with van der Waals surface area (Å²) >= 11 is 0. The number of pyridine rings is 1. The molecule has 0 saturated carbocycles. The van der Waals surface area contributed by atoms with Crippen LogP contribution >= 0.6 is 0 Å². The molecule has 6 heteroatoms. The number of nitriles is 1. The van der Waals surface area contributed by atoms with Gasteiger partial charge in [-0.15, -0.1) is 0 Å². The van der Waals surface area contributed by atoms with Gasteiger partial charge < -0.3 is 4.74 Å². The molecule has 1 heterocycles. The molecule has 0 aliphatic heterocycles. The van der Waals surface area contributed by atoms with Gasteiger partial charge in [0.2, 0.25) is 5.88 Å². The normalized spacial score (nSPS) is 10.0. The van der Waals surface area contributed by atoms with Gasteiger partial charge in [-0.3, -0.25) is 10.1 Å². The maximum Gasteiger partial charge on any atom is 0.276 e. The maximum atomic E-state index is 11.0. The van der Waals surface area contributed by atoms with Crippen LogP contribution in [0, 0.1) is 42.2 Å². The molecule has 0 spiro atoms. The van der Waals surface area contributed by atoms with Gasteiger partial charge in [0.25, 0.3) is 5.69 Å². The van der Waals surface area contributed by atoms with Crippen LogP contribution in [0.25, 0.3) is 0 Å². The molecule has 1 aromatic carbocycles. The van der Waals surface area contributed by atoms with E-state index in [1.54, 1.807) is 32.9 Å². The summed E-state index contributed by atoms with van der Waals surface area (Å²) in [4.78, 5) is 14.7. The van der Waals surface area contributed by atoms with E-state index in [2.05, 4.69) is 4.98 Å². The third kappa shape index (κ3) is 3.15. The second-order valence-electron chi connectivity index (χ2n) is 4.71. The molecule has 6 nitrogen and oxygen atoms in total. The van der Waals surface area contributed by atoms with Crippen molar-refractivity contribution in [2.45, 2.75) is 20.8 Å². The molecular weight excluding hydrogens is 270 g/mol. The fourth-order valence-corrected chi connectivity index (χ4v) is 2.00. The Morgan fingerprint density at radius 1 is 1.19 bits per heavy atom. The Hall–Kier alpha value is -2.94. The number of rotatable bonds is 3. The molecule has 2 aromatic rings. The summed E-state index contributed by atoms with van der Waals surface area (Å²) in [6.07, 6.45) is 0. The monoisotopic (exact) mass is 283 g/mol. The highest BCUT2D eigenvalue weighted by molar-refractivity contribution is 5.51. The lowest BCUT2D eigenvalue weighted by atomic mass is 10.1. The van der Waals surface area contributed by atoms with E-state index in [-0.39, 0.29) is 11.6 Å². The molecule has 0 bridgehead atoms. The minimum atomic E-state index is -0.452. The SMILES string of the molecule is Cc1cc(C#N)cc(Oc2cc([N+](=O)[O-])c(C)cc2C)n1. The van der Waals surface area contributed by atoms with Gasteiger partial charge in [0.15, 0.2) is 0 Å². The van der Waals surface area contributed by atoms with E-state index >= 15 is 0 Å². The first-order valence-electron chi connectivity index (χ1n) is 6.23. The lowest BCUT2D eigenvalue weighted by Crippen LogP contribution is -1.97. The summed E-state index contributed by atoms with van der Waals surface area (Å²) in [5.74, 6) is 0.599. The maximum absolute atomic E-state index is 11.0. The molecule has 106 valence electrons. The number of hydrogen-bond acceptors (Lipinski definition) is 5. The van der Waals surface area contributed by atoms with Gasteiger partial charge in [-0.25, -0.2) is 4.98 Å². The van der Waals surface area contributed by atoms with Crippen molar-refractivity contribution in [1.82, 2.24) is 4.98 Å². The Morgan fingerprint density at radius 3 is 2.52 bits per heavy atom. The van der Waals surface area contributed by atoms with E-state index in [0.717, 1.165) is 5.56 Å². The van der Waals surface area contributed by atoms with E-state index in [9.17, 15) is 10.1 Å². The molecule has 0 saturated heterocycles. The highest BCUT2D eigenvalue weighted by atomic mass is 16.6. The van der Waals surface area contributed by atoms with Crippen LogP contribution in [-0.2, 0) is 0 Å². The largest absolute Gasteiger partial charge is 0.438 e. The number of nitrogens with zero attached hydrogens (tertiary/aromatic N) is 3. The third-order valence-corrected chi connectivity index (χ3v) is 2.96. The molecule has 0 fully saturated rings. The summed E-state index contributed by atoms with van der Waals surface area (Å²) in [5.41, 5.74) is 2.39. The highest BCUT2D eigenvalue weighted by Gasteiger charge is 2.15. The first-order chi connectivity index (χ1) is 9.90. The van der Waals surface area contributed by atoms with E-state index in [1.807, 2.05) is 6.07 Å². The zero-order chi connectivity index (χ0) is 15.6. The number of nitro benzene ring substituents is 1. The number of nitro groups is 1. The molecular formula is C15H13N3O3. The standard InChI is InChI=1S/C15H13N3O3/c1-9-4-10(2)14(7-13(9)18(19)20)21-15-6-12(8-16)5-11(3)17-15/h4-7H,1-3H3. The lowest BCUT2D eigenvalue weighted by Gasteiger charge is -2.10. The fraction of sp³-hybridized carbons (Fsp3) is 0.200. The second kappa shape index (κ2) is 5.59. The van der Waals surface area contributed by atoms with Crippen LogP contribution < -0.4 is 4.74 Å². The molecule has 0 amide bonds. The van der Waals surface area contributed by atoms with Gasteiger partial charge in [-0.05, 0) is 38.5 Å². The Labute approximate surface area is 121 Å². The number of aromatic nitrogens is 1. The number of benzene rings is 1. The zero-order valence-electron chi connectivity index (χ0n) is 11.9. The Balaban J connectivity index is 2.44. The third-order valence-electron chi connectivity index (χ3n) is 2.96. The van der Waals surface area contributed by atoms with Gasteiger partial charge in [0, 0.05) is 17.3 Å². The van der Waals surface area contributed by atoms with Crippen LogP contribution in [-0.4, -0.2) is 9.91 Å². The number of ether oxygens (including phenoxy) is 1. The summed E-state index contributed by atoms with van der Waals surface area (Å²) < 4.78 is 5.61. The van der Waals surface area contributed by atoms with E-state index in [1.165, 1.54) is 12.1 Å². The van der Waals surface area contributed by atoms with Gasteiger partial charge >= 0.3 is 0 Å². The van der Waals surface area contributed by atoms with E-state index < -0.39 is 4.92 Å². The predicted molar refractivity (Wildman–Crippen MR) is 76.3 cm³/mol. The molecule has 0 radical (unpaired) electrons. The summed E-state index contributed by atoms with van der Waals surface area (Å²) in [7, 11) is 0. The van der Waals surface area contributed by atoms with Crippen molar-refractivity contribution >= 4 is 5.69 Å². The molecule has 2 rings (SSSR count). The summed E-state index contributed by atoms with van der Waals surface area (Å²) in [5, 5.41) is 19.9. The van der Waals surface area contributed by atoms with Crippen molar-refractivity contribution < 1.29 is 9.66 Å². The predicted octanol–water partition coefficient (Wildman–Crippen LogP) is 3.58. The average Bonchev–Trinajstić information content (AvgIpc) is 2.40. The van der Waals surface area contributed by atoms with Gasteiger partial charge in [0.1, 0.15) is 5.75 Å². The second-order valence-corrected chi connectivity index (χ2v) is 4.71. The molecule has 0 aliphatic rings. The first kappa shape index (κ1) is 14.5. The average molecular weight is 283 g/mol. The highest BCUT2D eigenvalue weighted by Crippen LogP contribution is 2.31. The van der Waals surface area contributed by atoms with Gasteiger partial charge in [-0.1, -0.05) is 0 Å². The topological polar surface area (TPSA) is 89.0 Å². The van der Waals surface area contributed by atoms with Crippen LogP contribution in [0.15, 0.2) is 24.3 Å². The van der Waals surface area contributed by atoms with Crippen molar-refractivity contribution in [3.05, 3.63) is 56.8 Å². The number of aryl methyl sites for hydroxylation is 3. The van der Waals surface area contributed by atoms with Crippen LogP contribution in [0.3, 0.4) is 0 Å².